The highest BCUT2D eigenvalue weighted by Gasteiger charge is 2.17. The molecule has 5 rings (SSSR count). The molecule has 1 aromatic heterocycles. The van der Waals surface area contributed by atoms with Crippen molar-refractivity contribution in [1.82, 2.24) is 14.9 Å². The fourth-order valence-electron chi connectivity index (χ4n) is 4.60. The van der Waals surface area contributed by atoms with Gasteiger partial charge >= 0.3 is 0 Å². The van der Waals surface area contributed by atoms with Crippen molar-refractivity contribution in [2.45, 2.75) is 25.8 Å². The van der Waals surface area contributed by atoms with Gasteiger partial charge in [-0.15, -0.1) is 12.4 Å². The number of halogens is 1. The van der Waals surface area contributed by atoms with Crippen molar-refractivity contribution in [2.24, 2.45) is 5.73 Å². The van der Waals surface area contributed by atoms with Gasteiger partial charge in [0.1, 0.15) is 12.4 Å². The third kappa shape index (κ3) is 5.93. The molecule has 0 saturated carbocycles. The lowest BCUT2D eigenvalue weighted by molar-refractivity contribution is -0.121. The molecule has 1 heterocycles. The molecule has 194 valence electrons. The SMILES string of the molecule is Cl.NCCCCCNC(=O)Cn1c(-c2ccc3ccccc3c2)nc2ccc(-c3ccccc3)cc2c1=O. The third-order valence-electron chi connectivity index (χ3n) is 6.57. The molecular formula is C31H31ClN4O2. The van der Waals surface area contributed by atoms with Crippen molar-refractivity contribution in [3.05, 3.63) is 101 Å². The van der Waals surface area contributed by atoms with Crippen molar-refractivity contribution < 1.29 is 4.79 Å². The van der Waals surface area contributed by atoms with Crippen LogP contribution in [-0.4, -0.2) is 28.5 Å². The van der Waals surface area contributed by atoms with E-state index in [2.05, 4.69) is 5.32 Å². The van der Waals surface area contributed by atoms with Crippen LogP contribution in [0.4, 0.5) is 0 Å². The van der Waals surface area contributed by atoms with Crippen LogP contribution in [0.1, 0.15) is 19.3 Å². The van der Waals surface area contributed by atoms with Crippen LogP contribution >= 0.6 is 12.4 Å². The first-order valence-electron chi connectivity index (χ1n) is 12.7. The van der Waals surface area contributed by atoms with Crippen molar-refractivity contribution in [2.75, 3.05) is 13.1 Å². The average Bonchev–Trinajstić information content (AvgIpc) is 2.94. The lowest BCUT2D eigenvalue weighted by Gasteiger charge is -2.15. The number of carbonyl (C=O) groups is 1. The number of amides is 1. The number of unbranched alkanes of at least 4 members (excludes halogenated alkanes) is 2. The van der Waals surface area contributed by atoms with E-state index < -0.39 is 0 Å². The molecule has 4 aromatic carbocycles. The number of fused-ring (bicyclic) bond motifs is 2. The van der Waals surface area contributed by atoms with E-state index in [1.165, 1.54) is 4.57 Å². The molecule has 0 aliphatic heterocycles. The van der Waals surface area contributed by atoms with Gasteiger partial charge in [-0.2, -0.15) is 0 Å². The zero-order chi connectivity index (χ0) is 25.6. The summed E-state index contributed by atoms with van der Waals surface area (Å²) in [5.74, 6) is 0.270. The first-order valence-corrected chi connectivity index (χ1v) is 12.7. The monoisotopic (exact) mass is 526 g/mol. The normalized spacial score (nSPS) is 10.9. The van der Waals surface area contributed by atoms with Crippen LogP contribution in [0.2, 0.25) is 0 Å². The molecule has 7 heteroatoms. The molecule has 0 bridgehead atoms. The van der Waals surface area contributed by atoms with Gasteiger partial charge in [-0.05, 0) is 59.5 Å². The molecule has 0 atom stereocenters. The number of benzene rings is 4. The quantitative estimate of drug-likeness (QED) is 0.246. The molecule has 1 amide bonds. The van der Waals surface area contributed by atoms with Crippen molar-refractivity contribution in [1.29, 1.82) is 0 Å². The molecule has 6 nitrogen and oxygen atoms in total. The molecule has 3 N–H and O–H groups in total. The number of carbonyl (C=O) groups excluding carboxylic acids is 1. The van der Waals surface area contributed by atoms with E-state index in [0.29, 0.717) is 29.8 Å². The number of nitrogens with two attached hydrogens (primary N) is 1. The predicted molar refractivity (Wildman–Crippen MR) is 158 cm³/mol. The summed E-state index contributed by atoms with van der Waals surface area (Å²) < 4.78 is 1.50. The Morgan fingerprint density at radius 1 is 0.789 bits per heavy atom. The second-order valence-corrected chi connectivity index (χ2v) is 9.19. The van der Waals surface area contributed by atoms with Crippen LogP contribution in [0.25, 0.3) is 44.2 Å². The Kier molecular flexibility index (Phi) is 8.89. The van der Waals surface area contributed by atoms with Gasteiger partial charge in [-0.1, -0.05) is 79.2 Å². The van der Waals surface area contributed by atoms with Crippen LogP contribution in [-0.2, 0) is 11.3 Å². The van der Waals surface area contributed by atoms with Crippen LogP contribution < -0.4 is 16.6 Å². The minimum Gasteiger partial charge on any atom is -0.355 e. The largest absolute Gasteiger partial charge is 0.355 e. The molecule has 0 fully saturated rings. The third-order valence-corrected chi connectivity index (χ3v) is 6.57. The highest BCUT2D eigenvalue weighted by molar-refractivity contribution is 5.89. The predicted octanol–water partition coefficient (Wildman–Crippen LogP) is 5.55. The maximum atomic E-state index is 13.8. The number of nitrogens with one attached hydrogen (secondary N) is 1. The average molecular weight is 527 g/mol. The van der Waals surface area contributed by atoms with E-state index in [9.17, 15) is 9.59 Å². The van der Waals surface area contributed by atoms with Crippen LogP contribution in [0.15, 0.2) is 95.8 Å². The van der Waals surface area contributed by atoms with Gasteiger partial charge in [0.15, 0.2) is 0 Å². The highest BCUT2D eigenvalue weighted by atomic mass is 35.5. The van der Waals surface area contributed by atoms with Crippen molar-refractivity contribution >= 4 is 40.0 Å². The fraction of sp³-hybridized carbons (Fsp3) is 0.194. The Hall–Kier alpha value is -4.00. The summed E-state index contributed by atoms with van der Waals surface area (Å²) in [6.45, 7) is 1.10. The van der Waals surface area contributed by atoms with E-state index in [1.54, 1.807) is 0 Å². The first kappa shape index (κ1) is 27.0. The lowest BCUT2D eigenvalue weighted by atomic mass is 10.0. The van der Waals surface area contributed by atoms with Gasteiger partial charge in [-0.3, -0.25) is 14.2 Å². The Bertz CT molecular complexity index is 1620. The zero-order valence-electron chi connectivity index (χ0n) is 21.1. The molecule has 0 unspecified atom stereocenters. The van der Waals surface area contributed by atoms with Crippen LogP contribution in [0, 0.1) is 0 Å². The summed E-state index contributed by atoms with van der Waals surface area (Å²) >= 11 is 0. The molecule has 5 aromatic rings. The Balaban J connectivity index is 0.00000336. The molecule has 0 aliphatic rings. The summed E-state index contributed by atoms with van der Waals surface area (Å²) in [5.41, 5.74) is 8.67. The number of hydrogen-bond donors (Lipinski definition) is 2. The van der Waals surface area contributed by atoms with Gasteiger partial charge in [0.2, 0.25) is 5.91 Å². The molecule has 0 radical (unpaired) electrons. The molecule has 0 aliphatic carbocycles. The second-order valence-electron chi connectivity index (χ2n) is 9.19. The number of aromatic nitrogens is 2. The van der Waals surface area contributed by atoms with E-state index in [0.717, 1.165) is 46.7 Å². The highest BCUT2D eigenvalue weighted by Crippen LogP contribution is 2.26. The van der Waals surface area contributed by atoms with Crippen molar-refractivity contribution in [3.8, 4) is 22.5 Å². The summed E-state index contributed by atoms with van der Waals surface area (Å²) in [4.78, 5) is 31.6. The summed E-state index contributed by atoms with van der Waals surface area (Å²) in [5, 5.41) is 5.58. The summed E-state index contributed by atoms with van der Waals surface area (Å²) in [6, 6.07) is 29.7. The van der Waals surface area contributed by atoms with Gasteiger partial charge in [0.05, 0.1) is 10.9 Å². The number of nitrogens with zero attached hydrogens (tertiary/aromatic N) is 2. The first-order chi connectivity index (χ1) is 18.1. The molecular weight excluding hydrogens is 496 g/mol. The molecule has 0 spiro atoms. The van der Waals surface area contributed by atoms with Crippen LogP contribution in [0.5, 0.6) is 0 Å². The second kappa shape index (κ2) is 12.5. The Labute approximate surface area is 227 Å². The van der Waals surface area contributed by atoms with Gasteiger partial charge in [0.25, 0.3) is 5.56 Å². The minimum atomic E-state index is -0.232. The molecule has 38 heavy (non-hydrogen) atoms. The summed E-state index contributed by atoms with van der Waals surface area (Å²) in [6.07, 6.45) is 2.74. The maximum Gasteiger partial charge on any atom is 0.262 e. The van der Waals surface area contributed by atoms with Crippen molar-refractivity contribution in [3.63, 3.8) is 0 Å². The Morgan fingerprint density at radius 3 is 2.32 bits per heavy atom. The smallest absolute Gasteiger partial charge is 0.262 e. The number of hydrogen-bond acceptors (Lipinski definition) is 4. The molecule has 0 saturated heterocycles. The Morgan fingerprint density at radius 2 is 1.53 bits per heavy atom. The van der Waals surface area contributed by atoms with Crippen LogP contribution in [0.3, 0.4) is 0 Å². The van der Waals surface area contributed by atoms with Gasteiger partial charge < -0.3 is 11.1 Å². The van der Waals surface area contributed by atoms with Gasteiger partial charge in [-0.25, -0.2) is 4.98 Å². The minimum absolute atomic E-state index is 0. The van der Waals surface area contributed by atoms with Gasteiger partial charge in [0, 0.05) is 12.1 Å². The zero-order valence-corrected chi connectivity index (χ0v) is 21.9. The van der Waals surface area contributed by atoms with E-state index in [4.69, 9.17) is 10.7 Å². The van der Waals surface area contributed by atoms with E-state index in [1.807, 2.05) is 91.0 Å². The fourth-order valence-corrected chi connectivity index (χ4v) is 4.60. The number of rotatable bonds is 9. The lowest BCUT2D eigenvalue weighted by Crippen LogP contribution is -2.34. The summed E-state index contributed by atoms with van der Waals surface area (Å²) in [7, 11) is 0. The standard InChI is InChI=1S/C31H30N4O2.ClH/c32-17-7-2-8-18-33-29(36)21-35-30(26-14-13-23-11-5-6-12-24(23)19-26)34-28-16-15-25(20-27(28)31(35)37)22-9-3-1-4-10-22;/h1,3-6,9-16,19-20H,2,7-8,17-18,21,32H2,(H,33,36);1H. The van der Waals surface area contributed by atoms with E-state index >= 15 is 0 Å². The topological polar surface area (TPSA) is 90.0 Å². The van der Waals surface area contributed by atoms with E-state index in [-0.39, 0.29) is 30.4 Å². The maximum absolute atomic E-state index is 13.8.